The molecule has 2 aromatic heterocycles. The van der Waals surface area contributed by atoms with E-state index in [1.54, 1.807) is 25.3 Å². The molecule has 1 aliphatic carbocycles. The first-order valence-corrected chi connectivity index (χ1v) is 11.1. The third-order valence-corrected chi connectivity index (χ3v) is 5.70. The fourth-order valence-corrected chi connectivity index (χ4v) is 3.89. The molecule has 2 unspecified atom stereocenters. The van der Waals surface area contributed by atoms with Crippen LogP contribution in [0.5, 0.6) is 5.88 Å². The number of ether oxygens (including phenoxy) is 2. The van der Waals surface area contributed by atoms with Gasteiger partial charge in [0, 0.05) is 24.9 Å². The third-order valence-electron chi connectivity index (χ3n) is 5.70. The van der Waals surface area contributed by atoms with Gasteiger partial charge in [0.05, 0.1) is 29.4 Å². The summed E-state index contributed by atoms with van der Waals surface area (Å²) in [5, 5.41) is 6.15. The van der Waals surface area contributed by atoms with Crippen molar-refractivity contribution in [2.24, 2.45) is 11.5 Å². The van der Waals surface area contributed by atoms with Crippen LogP contribution in [0.15, 0.2) is 30.5 Å². The average molecular weight is 470 g/mol. The van der Waals surface area contributed by atoms with Crippen LogP contribution in [-0.4, -0.2) is 53.3 Å². The maximum absolute atomic E-state index is 14.7. The molecule has 0 radical (unpaired) electrons. The lowest BCUT2D eigenvalue weighted by Gasteiger charge is -2.30. The highest BCUT2D eigenvalue weighted by molar-refractivity contribution is 5.98. The third kappa shape index (κ3) is 5.49. The van der Waals surface area contributed by atoms with E-state index in [9.17, 15) is 9.18 Å². The number of carbonyl (C=O) groups is 1. The second-order valence-corrected chi connectivity index (χ2v) is 8.16. The molecule has 1 aliphatic rings. The molecule has 10 nitrogen and oxygen atoms in total. The minimum absolute atomic E-state index is 0.0216. The molecular weight excluding hydrogens is 441 g/mol. The van der Waals surface area contributed by atoms with Crippen LogP contribution in [0.2, 0.25) is 0 Å². The van der Waals surface area contributed by atoms with E-state index in [4.69, 9.17) is 20.9 Å². The van der Waals surface area contributed by atoms with Gasteiger partial charge in [-0.25, -0.2) is 19.3 Å². The van der Waals surface area contributed by atoms with Crippen LogP contribution < -0.4 is 26.8 Å². The van der Waals surface area contributed by atoms with Crippen LogP contribution >= 0.6 is 0 Å². The van der Waals surface area contributed by atoms with Gasteiger partial charge in [0.15, 0.2) is 11.6 Å². The summed E-state index contributed by atoms with van der Waals surface area (Å²) in [5.41, 5.74) is 13.4. The van der Waals surface area contributed by atoms with Crippen molar-refractivity contribution < 1.29 is 18.7 Å². The average Bonchev–Trinajstić information content (AvgIpc) is 2.82. The fourth-order valence-electron chi connectivity index (χ4n) is 3.89. The van der Waals surface area contributed by atoms with E-state index in [0.717, 1.165) is 31.7 Å². The Morgan fingerprint density at radius 2 is 1.97 bits per heavy atom. The Morgan fingerprint density at radius 3 is 2.74 bits per heavy atom. The lowest BCUT2D eigenvalue weighted by atomic mass is 9.91. The van der Waals surface area contributed by atoms with Crippen molar-refractivity contribution in [2.45, 2.75) is 37.8 Å². The molecule has 0 aliphatic heterocycles. The van der Waals surface area contributed by atoms with Crippen molar-refractivity contribution >= 4 is 34.3 Å². The largest absolute Gasteiger partial charge is 0.474 e. The van der Waals surface area contributed by atoms with Gasteiger partial charge in [-0.05, 0) is 37.1 Å². The quantitative estimate of drug-likeness (QED) is 0.347. The first-order valence-electron chi connectivity index (χ1n) is 11.1. The number of amides is 1. The number of carbonyl (C=O) groups excluding carboxylic acids is 1. The molecule has 1 aromatic carbocycles. The molecule has 1 fully saturated rings. The van der Waals surface area contributed by atoms with Crippen LogP contribution in [0.4, 0.5) is 21.7 Å². The van der Waals surface area contributed by atoms with Crippen LogP contribution in [0.25, 0.3) is 11.0 Å². The summed E-state index contributed by atoms with van der Waals surface area (Å²) >= 11 is 0. The first-order chi connectivity index (χ1) is 16.4. The van der Waals surface area contributed by atoms with Gasteiger partial charge >= 0.3 is 0 Å². The van der Waals surface area contributed by atoms with E-state index < -0.39 is 11.7 Å². The number of nitrogens with zero attached hydrogens (tertiary/aromatic N) is 3. The molecule has 3 aromatic rings. The Bertz CT molecular complexity index is 1180. The summed E-state index contributed by atoms with van der Waals surface area (Å²) in [4.78, 5) is 25.1. The number of halogens is 1. The van der Waals surface area contributed by atoms with Crippen molar-refractivity contribution in [3.05, 3.63) is 41.8 Å². The number of nitrogens with one attached hydrogen (secondary N) is 2. The van der Waals surface area contributed by atoms with Crippen molar-refractivity contribution in [3.8, 4) is 5.88 Å². The summed E-state index contributed by atoms with van der Waals surface area (Å²) in [7, 11) is 1.59. The van der Waals surface area contributed by atoms with Crippen molar-refractivity contribution in [1.82, 2.24) is 15.0 Å². The zero-order chi connectivity index (χ0) is 24.1. The number of rotatable bonds is 9. The smallest absolute Gasteiger partial charge is 0.252 e. The maximum Gasteiger partial charge on any atom is 0.252 e. The second-order valence-electron chi connectivity index (χ2n) is 8.16. The van der Waals surface area contributed by atoms with Crippen LogP contribution in [0.3, 0.4) is 0 Å². The predicted octanol–water partition coefficient (Wildman–Crippen LogP) is 2.71. The summed E-state index contributed by atoms with van der Waals surface area (Å²) in [6.07, 6.45) is 5.26. The number of pyridine rings is 1. The molecular formula is C23H28FN7O3. The van der Waals surface area contributed by atoms with Crippen LogP contribution in [0.1, 0.15) is 36.0 Å². The van der Waals surface area contributed by atoms with Gasteiger partial charge < -0.3 is 31.6 Å². The maximum atomic E-state index is 14.7. The first kappa shape index (κ1) is 23.6. The number of benzene rings is 1. The highest BCUT2D eigenvalue weighted by atomic mass is 19.1. The number of hydrogen-bond acceptors (Lipinski definition) is 9. The number of methoxy groups -OCH3 is 1. The monoisotopic (exact) mass is 469 g/mol. The summed E-state index contributed by atoms with van der Waals surface area (Å²) in [6, 6.07) is 6.13. The minimum atomic E-state index is -0.798. The molecule has 2 atom stereocenters. The Hall–Kier alpha value is -3.57. The molecule has 6 N–H and O–H groups in total. The van der Waals surface area contributed by atoms with Crippen molar-refractivity contribution in [2.75, 3.05) is 31.0 Å². The highest BCUT2D eigenvalue weighted by Gasteiger charge is 2.24. The Morgan fingerprint density at radius 1 is 1.15 bits per heavy atom. The summed E-state index contributed by atoms with van der Waals surface area (Å²) < 4.78 is 25.2. The topological polar surface area (TPSA) is 150 Å². The van der Waals surface area contributed by atoms with Crippen molar-refractivity contribution in [3.63, 3.8) is 0 Å². The molecule has 1 amide bonds. The molecule has 0 saturated heterocycles. The highest BCUT2D eigenvalue weighted by Crippen LogP contribution is 2.28. The zero-order valence-electron chi connectivity index (χ0n) is 18.9. The molecule has 0 spiro atoms. The van der Waals surface area contributed by atoms with Gasteiger partial charge in [0.1, 0.15) is 12.4 Å². The fraction of sp³-hybridized carbons (Fsp3) is 0.391. The molecule has 1 saturated carbocycles. The SMILES string of the molecule is COCCOc1cnc2cc(Nc3nc(NC4CCCCC4N)c(F)cc3C(N)=O)ccc2n1. The molecule has 180 valence electrons. The summed E-state index contributed by atoms with van der Waals surface area (Å²) in [6.45, 7) is 0.809. The molecule has 4 rings (SSSR count). The van der Waals surface area contributed by atoms with E-state index in [1.807, 2.05) is 0 Å². The molecule has 0 bridgehead atoms. The van der Waals surface area contributed by atoms with E-state index in [1.165, 1.54) is 6.20 Å². The zero-order valence-corrected chi connectivity index (χ0v) is 18.9. The molecule has 11 heteroatoms. The minimum Gasteiger partial charge on any atom is -0.474 e. The Labute approximate surface area is 196 Å². The van der Waals surface area contributed by atoms with Crippen molar-refractivity contribution in [1.29, 1.82) is 0 Å². The number of primary amides is 1. The Balaban J connectivity index is 1.58. The lowest BCUT2D eigenvalue weighted by molar-refractivity contribution is 0.100. The number of nitrogens with two attached hydrogens (primary N) is 2. The molecule has 34 heavy (non-hydrogen) atoms. The van der Waals surface area contributed by atoms with Crippen LogP contribution in [0, 0.1) is 5.82 Å². The van der Waals surface area contributed by atoms with Gasteiger partial charge in [-0.15, -0.1) is 0 Å². The van der Waals surface area contributed by atoms with Gasteiger partial charge in [-0.1, -0.05) is 12.8 Å². The van der Waals surface area contributed by atoms with E-state index >= 15 is 0 Å². The predicted molar refractivity (Wildman–Crippen MR) is 127 cm³/mol. The van der Waals surface area contributed by atoms with Gasteiger partial charge in [0.25, 0.3) is 5.91 Å². The van der Waals surface area contributed by atoms with Gasteiger partial charge in [0.2, 0.25) is 5.88 Å². The van der Waals surface area contributed by atoms with E-state index in [2.05, 4.69) is 25.6 Å². The van der Waals surface area contributed by atoms with Gasteiger partial charge in [-0.3, -0.25) is 4.79 Å². The molecule has 2 heterocycles. The lowest BCUT2D eigenvalue weighted by Crippen LogP contribution is -2.43. The van der Waals surface area contributed by atoms with Gasteiger partial charge in [-0.2, -0.15) is 0 Å². The standard InChI is InChI=1S/C23H28FN7O3/c1-33-8-9-34-20-12-27-19-10-13(6-7-18(19)29-20)28-22-14(21(26)32)11-15(24)23(31-22)30-17-5-3-2-4-16(17)25/h6-7,10-12,16-17H,2-5,8-9,25H2,1H3,(H2,26,32)(H2,28,30,31). The normalized spacial score (nSPS) is 18.0. The van der Waals surface area contributed by atoms with E-state index in [-0.39, 0.29) is 29.3 Å². The van der Waals surface area contributed by atoms with E-state index in [0.29, 0.717) is 35.8 Å². The number of aromatic nitrogens is 3. The number of hydrogen-bond donors (Lipinski definition) is 4. The number of anilines is 3. The summed E-state index contributed by atoms with van der Waals surface area (Å²) in [5.74, 6) is -0.922. The second kappa shape index (κ2) is 10.6. The Kier molecular flexibility index (Phi) is 7.33. The van der Waals surface area contributed by atoms with Crippen LogP contribution in [-0.2, 0) is 4.74 Å². The number of fused-ring (bicyclic) bond motifs is 1.